The fraction of sp³-hybridized carbons (Fsp3) is 0.500. The molecule has 0 saturated heterocycles. The normalized spacial score (nSPS) is 11.7. The van der Waals surface area contributed by atoms with Crippen molar-refractivity contribution in [3.8, 4) is 0 Å². The summed E-state index contributed by atoms with van der Waals surface area (Å²) >= 11 is 6.54. The van der Waals surface area contributed by atoms with E-state index in [1.807, 2.05) is 4.90 Å². The molecule has 0 spiro atoms. The van der Waals surface area contributed by atoms with Crippen molar-refractivity contribution in [2.24, 2.45) is 0 Å². The average Bonchev–Trinajstić information content (AvgIpc) is 2.33. The van der Waals surface area contributed by atoms with E-state index >= 15 is 0 Å². The minimum atomic E-state index is -4.33. The van der Waals surface area contributed by atoms with Crippen molar-refractivity contribution in [2.45, 2.75) is 6.18 Å². The Morgan fingerprint density at radius 3 is 2.42 bits per heavy atom. The Morgan fingerprint density at radius 1 is 1.26 bits per heavy atom. The van der Waals surface area contributed by atoms with Crippen molar-refractivity contribution in [3.05, 3.63) is 28.2 Å². The molecule has 0 aromatic heterocycles. The van der Waals surface area contributed by atoms with Crippen LogP contribution in [-0.2, 0) is 10.9 Å². The van der Waals surface area contributed by atoms with Gasteiger partial charge in [0, 0.05) is 30.0 Å². The highest BCUT2D eigenvalue weighted by molar-refractivity contribution is 9.10. The van der Waals surface area contributed by atoms with Crippen LogP contribution in [0.4, 0.5) is 18.9 Å². The van der Waals surface area contributed by atoms with E-state index in [1.165, 1.54) is 6.07 Å². The first-order chi connectivity index (χ1) is 8.90. The van der Waals surface area contributed by atoms with Gasteiger partial charge in [-0.05, 0) is 34.1 Å². The summed E-state index contributed by atoms with van der Waals surface area (Å²) in [6.45, 7) is 1.82. The number of hydrogen-bond acceptors (Lipinski definition) is 2. The molecule has 0 bridgehead atoms. The van der Waals surface area contributed by atoms with Crippen molar-refractivity contribution >= 4 is 37.5 Å². The van der Waals surface area contributed by atoms with E-state index < -0.39 is 11.7 Å². The van der Waals surface area contributed by atoms with Crippen molar-refractivity contribution < 1.29 is 17.9 Å². The second-order valence-corrected chi connectivity index (χ2v) is 5.48. The van der Waals surface area contributed by atoms with Crippen molar-refractivity contribution in [2.75, 3.05) is 37.0 Å². The lowest BCUT2D eigenvalue weighted by molar-refractivity contribution is -0.137. The molecule has 108 valence electrons. The third-order valence-corrected chi connectivity index (χ3v) is 3.53. The van der Waals surface area contributed by atoms with E-state index in [0.717, 1.165) is 23.2 Å². The molecule has 0 saturated carbocycles. The zero-order chi connectivity index (χ0) is 14.5. The Kier molecular flexibility index (Phi) is 6.62. The molecular formula is C12H14Br2F3NO. The zero-order valence-electron chi connectivity index (χ0n) is 10.3. The Bertz CT molecular complexity index is 412. The summed E-state index contributed by atoms with van der Waals surface area (Å²) in [6.07, 6.45) is -4.33. The number of alkyl halides is 4. The summed E-state index contributed by atoms with van der Waals surface area (Å²) in [5.74, 6) is 0. The second kappa shape index (κ2) is 7.50. The van der Waals surface area contributed by atoms with E-state index in [0.29, 0.717) is 24.2 Å². The van der Waals surface area contributed by atoms with Crippen molar-refractivity contribution in [1.29, 1.82) is 0 Å². The molecule has 0 aliphatic heterocycles. The van der Waals surface area contributed by atoms with Crippen LogP contribution < -0.4 is 4.90 Å². The lowest BCUT2D eigenvalue weighted by atomic mass is 10.2. The summed E-state index contributed by atoms with van der Waals surface area (Å²) < 4.78 is 43.2. The van der Waals surface area contributed by atoms with Crippen LogP contribution in [-0.4, -0.2) is 32.1 Å². The first-order valence-corrected chi connectivity index (χ1v) is 7.48. The predicted octanol–water partition coefficient (Wildman–Crippen LogP) is 4.32. The summed E-state index contributed by atoms with van der Waals surface area (Å²) in [4.78, 5) is 1.96. The monoisotopic (exact) mass is 403 g/mol. The van der Waals surface area contributed by atoms with Crippen LogP contribution >= 0.6 is 31.9 Å². The van der Waals surface area contributed by atoms with Crippen LogP contribution in [0.25, 0.3) is 0 Å². The Hall–Kier alpha value is -0.270. The lowest BCUT2D eigenvalue weighted by Crippen LogP contribution is -2.29. The highest BCUT2D eigenvalue weighted by Gasteiger charge is 2.31. The standard InChI is InChI=1S/C12H14Br2F3NO/c1-19-7-6-18(5-4-13)11-3-2-9(8-10(11)14)12(15,16)17/h2-3,8H,4-7H2,1H3. The quantitative estimate of drug-likeness (QED) is 0.655. The van der Waals surface area contributed by atoms with Crippen LogP contribution in [0.5, 0.6) is 0 Å². The number of nitrogens with zero attached hydrogens (tertiary/aromatic N) is 1. The van der Waals surface area contributed by atoms with Gasteiger partial charge >= 0.3 is 6.18 Å². The number of methoxy groups -OCH3 is 1. The number of ether oxygens (including phenoxy) is 1. The summed E-state index contributed by atoms with van der Waals surface area (Å²) in [6, 6.07) is 3.67. The fourth-order valence-electron chi connectivity index (χ4n) is 1.60. The summed E-state index contributed by atoms with van der Waals surface area (Å²) in [7, 11) is 1.59. The second-order valence-electron chi connectivity index (χ2n) is 3.83. The summed E-state index contributed by atoms with van der Waals surface area (Å²) in [5.41, 5.74) is 0.0677. The maximum absolute atomic E-state index is 12.6. The van der Waals surface area contributed by atoms with Gasteiger partial charge in [0.25, 0.3) is 0 Å². The van der Waals surface area contributed by atoms with E-state index in [2.05, 4.69) is 31.9 Å². The Labute approximate surface area is 127 Å². The van der Waals surface area contributed by atoms with E-state index in [9.17, 15) is 13.2 Å². The van der Waals surface area contributed by atoms with Gasteiger partial charge in [-0.1, -0.05) is 15.9 Å². The minimum absolute atomic E-state index is 0.430. The average molecular weight is 405 g/mol. The third-order valence-electron chi connectivity index (χ3n) is 2.54. The van der Waals surface area contributed by atoms with Crippen LogP contribution in [0.2, 0.25) is 0 Å². The molecule has 0 aliphatic carbocycles. The minimum Gasteiger partial charge on any atom is -0.383 e. The predicted molar refractivity (Wildman–Crippen MR) is 77.0 cm³/mol. The van der Waals surface area contributed by atoms with Crippen LogP contribution in [0.1, 0.15) is 5.56 Å². The van der Waals surface area contributed by atoms with Crippen molar-refractivity contribution in [1.82, 2.24) is 0 Å². The molecule has 1 rings (SSSR count). The first kappa shape index (κ1) is 16.8. The largest absolute Gasteiger partial charge is 0.416 e. The van der Waals surface area contributed by atoms with Gasteiger partial charge in [-0.15, -0.1) is 0 Å². The van der Waals surface area contributed by atoms with E-state index in [-0.39, 0.29) is 0 Å². The molecule has 19 heavy (non-hydrogen) atoms. The van der Waals surface area contributed by atoms with Gasteiger partial charge in [0.2, 0.25) is 0 Å². The van der Waals surface area contributed by atoms with E-state index in [1.54, 1.807) is 7.11 Å². The molecule has 0 atom stereocenters. The fourth-order valence-corrected chi connectivity index (χ4v) is 2.65. The van der Waals surface area contributed by atoms with Crippen LogP contribution in [0, 0.1) is 0 Å². The zero-order valence-corrected chi connectivity index (χ0v) is 13.5. The molecule has 1 aromatic rings. The Balaban J connectivity index is 2.97. The van der Waals surface area contributed by atoms with Crippen LogP contribution in [0.15, 0.2) is 22.7 Å². The smallest absolute Gasteiger partial charge is 0.383 e. The number of benzene rings is 1. The highest BCUT2D eigenvalue weighted by atomic mass is 79.9. The van der Waals surface area contributed by atoms with Crippen LogP contribution in [0.3, 0.4) is 0 Å². The maximum atomic E-state index is 12.6. The van der Waals surface area contributed by atoms with Gasteiger partial charge in [0.05, 0.1) is 17.9 Å². The van der Waals surface area contributed by atoms with Gasteiger partial charge < -0.3 is 9.64 Å². The number of anilines is 1. The van der Waals surface area contributed by atoms with Crippen molar-refractivity contribution in [3.63, 3.8) is 0 Å². The number of hydrogen-bond donors (Lipinski definition) is 0. The third kappa shape index (κ3) is 4.96. The summed E-state index contributed by atoms with van der Waals surface area (Å²) in [5, 5.41) is 0.726. The molecule has 0 radical (unpaired) electrons. The van der Waals surface area contributed by atoms with Gasteiger partial charge in [-0.2, -0.15) is 13.2 Å². The molecule has 0 heterocycles. The highest BCUT2D eigenvalue weighted by Crippen LogP contribution is 2.35. The molecule has 0 fully saturated rings. The number of halogens is 5. The molecule has 0 unspecified atom stereocenters. The van der Waals surface area contributed by atoms with Gasteiger partial charge in [0.15, 0.2) is 0 Å². The molecule has 1 aromatic carbocycles. The molecule has 0 amide bonds. The van der Waals surface area contributed by atoms with Gasteiger partial charge in [-0.25, -0.2) is 0 Å². The van der Waals surface area contributed by atoms with Gasteiger partial charge in [-0.3, -0.25) is 0 Å². The van der Waals surface area contributed by atoms with Gasteiger partial charge in [0.1, 0.15) is 0 Å². The lowest BCUT2D eigenvalue weighted by Gasteiger charge is -2.25. The number of rotatable bonds is 6. The molecule has 2 nitrogen and oxygen atoms in total. The molecule has 0 aliphatic rings. The molecular weight excluding hydrogens is 391 g/mol. The Morgan fingerprint density at radius 2 is 1.95 bits per heavy atom. The molecule has 0 N–H and O–H groups in total. The topological polar surface area (TPSA) is 12.5 Å². The first-order valence-electron chi connectivity index (χ1n) is 5.56. The molecule has 7 heteroatoms. The van der Waals surface area contributed by atoms with E-state index in [4.69, 9.17) is 4.74 Å². The maximum Gasteiger partial charge on any atom is 0.416 e. The SMILES string of the molecule is COCCN(CCBr)c1ccc(C(F)(F)F)cc1Br.